The van der Waals surface area contributed by atoms with Crippen molar-refractivity contribution in [3.63, 3.8) is 0 Å². The van der Waals surface area contributed by atoms with E-state index in [-0.39, 0.29) is 18.9 Å². The largest absolute Gasteiger partial charge is 0.480 e. The van der Waals surface area contributed by atoms with E-state index in [2.05, 4.69) is 5.32 Å². The molecule has 7 nitrogen and oxygen atoms in total. The first-order valence-electron chi connectivity index (χ1n) is 6.64. The number of hydrogen-bond donors (Lipinski definition) is 2. The zero-order valence-electron chi connectivity index (χ0n) is 11.8. The van der Waals surface area contributed by atoms with Crippen LogP contribution in [0.5, 0.6) is 0 Å². The fraction of sp³-hybridized carbons (Fsp3) is 0.750. The van der Waals surface area contributed by atoms with Gasteiger partial charge in [-0.25, -0.2) is 9.59 Å². The number of nitrogens with one attached hydrogen (secondary N) is 1. The molecule has 1 saturated heterocycles. The van der Waals surface area contributed by atoms with Crippen molar-refractivity contribution in [1.82, 2.24) is 15.1 Å². The van der Waals surface area contributed by atoms with Gasteiger partial charge in [0.15, 0.2) is 0 Å². The molecule has 0 saturated carbocycles. The van der Waals surface area contributed by atoms with Crippen LogP contribution in [0.2, 0.25) is 0 Å². The van der Waals surface area contributed by atoms with Gasteiger partial charge in [-0.1, -0.05) is 0 Å². The summed E-state index contributed by atoms with van der Waals surface area (Å²) < 4.78 is 0. The second kappa shape index (κ2) is 7.98. The molecule has 1 heterocycles. The number of amides is 3. The quantitative estimate of drug-likeness (QED) is 0.742. The second-order valence-electron chi connectivity index (χ2n) is 4.37. The van der Waals surface area contributed by atoms with Crippen molar-refractivity contribution in [2.24, 2.45) is 0 Å². The second-order valence-corrected chi connectivity index (χ2v) is 5.37. The number of rotatable bonds is 6. The van der Waals surface area contributed by atoms with Gasteiger partial charge in [-0.05, 0) is 13.8 Å². The van der Waals surface area contributed by atoms with Gasteiger partial charge in [-0.3, -0.25) is 4.79 Å². The van der Waals surface area contributed by atoms with E-state index in [1.54, 1.807) is 4.90 Å². The minimum atomic E-state index is -0.996. The van der Waals surface area contributed by atoms with Crippen LogP contribution < -0.4 is 5.32 Å². The number of carboxylic acid groups (broad SMARTS) is 1. The van der Waals surface area contributed by atoms with Crippen molar-refractivity contribution >= 4 is 29.7 Å². The van der Waals surface area contributed by atoms with Gasteiger partial charge in [0.05, 0.1) is 5.88 Å². The van der Waals surface area contributed by atoms with Crippen LogP contribution in [0, 0.1) is 0 Å². The number of carboxylic acids is 1. The summed E-state index contributed by atoms with van der Waals surface area (Å²) in [6, 6.07) is -1.20. The smallest absolute Gasteiger partial charge is 0.327 e. The summed E-state index contributed by atoms with van der Waals surface area (Å²) in [5.41, 5.74) is 0. The molecule has 0 bridgehead atoms. The standard InChI is InChI=1S/C12H21N3O4S/c1-3-14(4-2)10(16)5-6-13-12(19)15-8-20-7-9(15)11(17)18/h9H,3-8H2,1-2H3,(H,13,19)(H,17,18). The molecule has 1 rings (SSSR count). The zero-order valence-corrected chi connectivity index (χ0v) is 12.6. The normalized spacial score (nSPS) is 17.9. The van der Waals surface area contributed by atoms with E-state index in [0.29, 0.717) is 24.7 Å². The minimum Gasteiger partial charge on any atom is -0.480 e. The monoisotopic (exact) mass is 303 g/mol. The number of thioether (sulfide) groups is 1. The first-order valence-corrected chi connectivity index (χ1v) is 7.79. The lowest BCUT2D eigenvalue weighted by Gasteiger charge is -2.22. The lowest BCUT2D eigenvalue weighted by Crippen LogP contribution is -2.47. The fourth-order valence-electron chi connectivity index (χ4n) is 1.96. The molecule has 0 aromatic rings. The molecule has 1 unspecified atom stereocenters. The summed E-state index contributed by atoms with van der Waals surface area (Å²) in [6.45, 7) is 5.32. The summed E-state index contributed by atoms with van der Waals surface area (Å²) >= 11 is 1.41. The summed E-state index contributed by atoms with van der Waals surface area (Å²) in [5, 5.41) is 11.6. The van der Waals surface area contributed by atoms with E-state index in [4.69, 9.17) is 5.11 Å². The lowest BCUT2D eigenvalue weighted by molar-refractivity contribution is -0.140. The fourth-order valence-corrected chi connectivity index (χ4v) is 3.10. The molecule has 0 aromatic carbocycles. The summed E-state index contributed by atoms with van der Waals surface area (Å²) in [5.74, 6) is -0.237. The molecule has 8 heteroatoms. The highest BCUT2D eigenvalue weighted by Gasteiger charge is 2.34. The topological polar surface area (TPSA) is 90.0 Å². The first-order chi connectivity index (χ1) is 9.51. The predicted octanol–water partition coefficient (Wildman–Crippen LogP) is 0.414. The molecule has 3 amide bonds. The Morgan fingerprint density at radius 3 is 2.55 bits per heavy atom. The highest BCUT2D eigenvalue weighted by Crippen LogP contribution is 2.20. The van der Waals surface area contributed by atoms with Crippen LogP contribution in [0.1, 0.15) is 20.3 Å². The molecular formula is C12H21N3O4S. The van der Waals surface area contributed by atoms with Gasteiger partial charge in [0, 0.05) is 31.8 Å². The number of urea groups is 1. The lowest BCUT2D eigenvalue weighted by atomic mass is 10.3. The Balaban J connectivity index is 2.36. The van der Waals surface area contributed by atoms with E-state index in [0.717, 1.165) is 0 Å². The van der Waals surface area contributed by atoms with E-state index in [9.17, 15) is 14.4 Å². The molecular weight excluding hydrogens is 282 g/mol. The number of carbonyl (C=O) groups excluding carboxylic acids is 2. The highest BCUT2D eigenvalue weighted by molar-refractivity contribution is 7.99. The molecule has 0 aromatic heterocycles. The summed E-state index contributed by atoms with van der Waals surface area (Å²) in [6.07, 6.45) is 0.228. The predicted molar refractivity (Wildman–Crippen MR) is 76.5 cm³/mol. The molecule has 1 aliphatic heterocycles. The Morgan fingerprint density at radius 2 is 2.00 bits per heavy atom. The van der Waals surface area contributed by atoms with Crippen LogP contribution in [0.3, 0.4) is 0 Å². The third-order valence-corrected chi connectivity index (χ3v) is 4.17. The summed E-state index contributed by atoms with van der Waals surface area (Å²) in [7, 11) is 0. The van der Waals surface area contributed by atoms with Crippen molar-refractivity contribution in [1.29, 1.82) is 0 Å². The Morgan fingerprint density at radius 1 is 1.35 bits per heavy atom. The Labute approximate surface area is 122 Å². The molecule has 0 aliphatic carbocycles. The third kappa shape index (κ3) is 4.29. The Kier molecular flexibility index (Phi) is 6.63. The first kappa shape index (κ1) is 16.6. The van der Waals surface area contributed by atoms with Crippen LogP contribution in [0.25, 0.3) is 0 Å². The molecule has 20 heavy (non-hydrogen) atoms. The van der Waals surface area contributed by atoms with Gasteiger partial charge >= 0.3 is 12.0 Å². The van der Waals surface area contributed by atoms with Gasteiger partial charge in [-0.15, -0.1) is 11.8 Å². The van der Waals surface area contributed by atoms with E-state index >= 15 is 0 Å². The zero-order chi connectivity index (χ0) is 15.1. The Hall–Kier alpha value is -1.44. The van der Waals surface area contributed by atoms with Gasteiger partial charge < -0.3 is 20.2 Å². The maximum Gasteiger partial charge on any atom is 0.327 e. The third-order valence-electron chi connectivity index (χ3n) is 3.16. The molecule has 0 radical (unpaired) electrons. The molecule has 1 atom stereocenters. The number of aliphatic carboxylic acids is 1. The van der Waals surface area contributed by atoms with Crippen LogP contribution >= 0.6 is 11.8 Å². The molecule has 1 fully saturated rings. The van der Waals surface area contributed by atoms with Crippen molar-refractivity contribution in [2.45, 2.75) is 26.3 Å². The molecule has 2 N–H and O–H groups in total. The SMILES string of the molecule is CCN(CC)C(=O)CCNC(=O)N1CSCC1C(=O)O. The maximum absolute atomic E-state index is 11.9. The van der Waals surface area contributed by atoms with Gasteiger partial charge in [0.1, 0.15) is 6.04 Å². The van der Waals surface area contributed by atoms with Gasteiger partial charge in [0.25, 0.3) is 0 Å². The van der Waals surface area contributed by atoms with Crippen molar-refractivity contribution in [3.05, 3.63) is 0 Å². The van der Waals surface area contributed by atoms with Gasteiger partial charge in [-0.2, -0.15) is 0 Å². The minimum absolute atomic E-state index is 0.0131. The average molecular weight is 303 g/mol. The number of hydrogen-bond acceptors (Lipinski definition) is 4. The molecule has 114 valence electrons. The number of carbonyl (C=O) groups is 3. The van der Waals surface area contributed by atoms with Crippen molar-refractivity contribution in [2.75, 3.05) is 31.3 Å². The average Bonchev–Trinajstić information content (AvgIpc) is 2.89. The molecule has 1 aliphatic rings. The van der Waals surface area contributed by atoms with Crippen LogP contribution in [0.15, 0.2) is 0 Å². The maximum atomic E-state index is 11.9. The van der Waals surface area contributed by atoms with E-state index in [1.807, 2.05) is 13.8 Å². The Bertz CT molecular complexity index is 374. The van der Waals surface area contributed by atoms with E-state index in [1.165, 1.54) is 16.7 Å². The molecule has 0 spiro atoms. The number of nitrogens with zero attached hydrogens (tertiary/aromatic N) is 2. The van der Waals surface area contributed by atoms with Crippen LogP contribution in [0.4, 0.5) is 4.79 Å². The van der Waals surface area contributed by atoms with E-state index < -0.39 is 18.0 Å². The summed E-state index contributed by atoms with van der Waals surface area (Å²) in [4.78, 5) is 37.6. The van der Waals surface area contributed by atoms with Crippen LogP contribution in [-0.2, 0) is 9.59 Å². The van der Waals surface area contributed by atoms with Gasteiger partial charge in [0.2, 0.25) is 5.91 Å². The van der Waals surface area contributed by atoms with Crippen molar-refractivity contribution < 1.29 is 19.5 Å². The van der Waals surface area contributed by atoms with Crippen LogP contribution in [-0.4, -0.2) is 70.1 Å². The highest BCUT2D eigenvalue weighted by atomic mass is 32.2. The van der Waals surface area contributed by atoms with Crippen molar-refractivity contribution in [3.8, 4) is 0 Å².